The number of hydrogen-bond donors (Lipinski definition) is 1. The molecule has 0 radical (unpaired) electrons. The molecule has 0 fully saturated rings. The summed E-state index contributed by atoms with van der Waals surface area (Å²) in [5, 5.41) is 3.58. The zero-order chi connectivity index (χ0) is 12.6. The summed E-state index contributed by atoms with van der Waals surface area (Å²) in [6.45, 7) is 17.2. The second-order valence-electron chi connectivity index (χ2n) is 5.36. The molecule has 1 unspecified atom stereocenters. The Morgan fingerprint density at radius 1 is 1.06 bits per heavy atom. The van der Waals surface area contributed by atoms with Gasteiger partial charge in [0.2, 0.25) is 0 Å². The maximum Gasteiger partial charge on any atom is 0.0243 e. The van der Waals surface area contributed by atoms with Gasteiger partial charge in [0.15, 0.2) is 0 Å². The molecule has 0 aliphatic rings. The van der Waals surface area contributed by atoms with Gasteiger partial charge in [-0.3, -0.25) is 4.90 Å². The molecule has 0 aromatic carbocycles. The highest BCUT2D eigenvalue weighted by Crippen LogP contribution is 2.11. The first kappa shape index (κ1) is 15.9. The van der Waals surface area contributed by atoms with Crippen molar-refractivity contribution in [1.82, 2.24) is 10.2 Å². The zero-order valence-electron chi connectivity index (χ0n) is 12.2. The van der Waals surface area contributed by atoms with Gasteiger partial charge in [-0.25, -0.2) is 0 Å². The minimum atomic E-state index is 0.589. The number of likely N-dealkylation sites (N-methyl/N-ethyl adjacent to an activating group) is 1. The third-order valence-corrected chi connectivity index (χ3v) is 3.18. The Labute approximate surface area is 103 Å². The maximum atomic E-state index is 3.58. The lowest BCUT2D eigenvalue weighted by Gasteiger charge is -2.34. The summed E-state index contributed by atoms with van der Waals surface area (Å²) in [7, 11) is 0. The maximum absolute atomic E-state index is 3.58. The van der Waals surface area contributed by atoms with E-state index >= 15 is 0 Å². The number of nitrogens with one attached hydrogen (secondary N) is 1. The first-order chi connectivity index (χ1) is 7.52. The van der Waals surface area contributed by atoms with Gasteiger partial charge in [-0.05, 0) is 25.4 Å². The van der Waals surface area contributed by atoms with Gasteiger partial charge < -0.3 is 5.32 Å². The van der Waals surface area contributed by atoms with E-state index in [0.717, 1.165) is 12.5 Å². The van der Waals surface area contributed by atoms with Crippen LogP contribution in [-0.4, -0.2) is 36.6 Å². The summed E-state index contributed by atoms with van der Waals surface area (Å²) in [4.78, 5) is 2.63. The van der Waals surface area contributed by atoms with Crippen molar-refractivity contribution in [2.75, 3.05) is 19.6 Å². The van der Waals surface area contributed by atoms with Crippen molar-refractivity contribution in [3.8, 4) is 0 Å². The molecule has 0 aliphatic carbocycles. The van der Waals surface area contributed by atoms with Crippen LogP contribution in [0.25, 0.3) is 0 Å². The van der Waals surface area contributed by atoms with Crippen molar-refractivity contribution in [2.24, 2.45) is 5.92 Å². The highest BCUT2D eigenvalue weighted by atomic mass is 15.2. The fourth-order valence-electron chi connectivity index (χ4n) is 2.06. The Hall–Kier alpha value is -0.0800. The minimum absolute atomic E-state index is 0.589. The van der Waals surface area contributed by atoms with Crippen LogP contribution >= 0.6 is 0 Å². The Morgan fingerprint density at radius 3 is 2.06 bits per heavy atom. The van der Waals surface area contributed by atoms with Crippen LogP contribution < -0.4 is 5.32 Å². The molecule has 1 atom stereocenters. The summed E-state index contributed by atoms with van der Waals surface area (Å²) in [5.74, 6) is 0.725. The predicted octanol–water partition coefficient (Wildman–Crippen LogP) is 3.13. The molecule has 0 aromatic heterocycles. The Balaban J connectivity index is 4.23. The molecule has 0 rings (SSSR count). The molecule has 0 saturated heterocycles. The first-order valence-electron chi connectivity index (χ1n) is 7.00. The topological polar surface area (TPSA) is 15.3 Å². The first-order valence-corrected chi connectivity index (χ1v) is 7.00. The molecule has 1 N–H and O–H groups in total. The van der Waals surface area contributed by atoms with Gasteiger partial charge in [0.1, 0.15) is 0 Å². The molecule has 0 aromatic rings. The van der Waals surface area contributed by atoms with Gasteiger partial charge in [-0.1, -0.05) is 48.0 Å². The van der Waals surface area contributed by atoms with Crippen LogP contribution in [0, 0.1) is 5.92 Å². The summed E-state index contributed by atoms with van der Waals surface area (Å²) < 4.78 is 0. The Morgan fingerprint density at radius 2 is 1.69 bits per heavy atom. The number of rotatable bonds is 9. The van der Waals surface area contributed by atoms with E-state index in [0.29, 0.717) is 12.1 Å². The van der Waals surface area contributed by atoms with Crippen LogP contribution in [0.15, 0.2) is 0 Å². The van der Waals surface area contributed by atoms with Crippen LogP contribution in [0.4, 0.5) is 0 Å². The van der Waals surface area contributed by atoms with Crippen LogP contribution in [0.2, 0.25) is 0 Å². The molecule has 0 bridgehead atoms. The van der Waals surface area contributed by atoms with Crippen LogP contribution in [0.5, 0.6) is 0 Å². The second-order valence-corrected chi connectivity index (χ2v) is 5.36. The highest BCUT2D eigenvalue weighted by molar-refractivity contribution is 4.77. The van der Waals surface area contributed by atoms with Gasteiger partial charge in [-0.15, -0.1) is 0 Å². The quantitative estimate of drug-likeness (QED) is 0.652. The van der Waals surface area contributed by atoms with E-state index < -0.39 is 0 Å². The SMILES string of the molecule is CCCCN(CC)C(CNC(C)C)C(C)C. The largest absolute Gasteiger partial charge is 0.313 e. The molecule has 0 heterocycles. The lowest BCUT2D eigenvalue weighted by Crippen LogP contribution is -2.47. The molecule has 0 amide bonds. The summed E-state index contributed by atoms with van der Waals surface area (Å²) in [5.41, 5.74) is 0. The number of nitrogens with zero attached hydrogens (tertiary/aromatic N) is 1. The summed E-state index contributed by atoms with van der Waals surface area (Å²) in [6, 6.07) is 1.27. The van der Waals surface area contributed by atoms with E-state index in [-0.39, 0.29) is 0 Å². The van der Waals surface area contributed by atoms with E-state index in [2.05, 4.69) is 51.8 Å². The van der Waals surface area contributed by atoms with E-state index in [4.69, 9.17) is 0 Å². The zero-order valence-corrected chi connectivity index (χ0v) is 12.2. The van der Waals surface area contributed by atoms with Gasteiger partial charge >= 0.3 is 0 Å². The van der Waals surface area contributed by atoms with E-state index in [1.165, 1.54) is 25.9 Å². The molecule has 0 saturated carbocycles. The average molecular weight is 228 g/mol. The Kier molecular flexibility index (Phi) is 8.96. The van der Waals surface area contributed by atoms with Crippen LogP contribution in [-0.2, 0) is 0 Å². The molecular formula is C14H32N2. The van der Waals surface area contributed by atoms with Gasteiger partial charge in [0.25, 0.3) is 0 Å². The Bertz CT molecular complexity index is 155. The highest BCUT2D eigenvalue weighted by Gasteiger charge is 2.19. The van der Waals surface area contributed by atoms with Gasteiger partial charge in [-0.2, -0.15) is 0 Å². The second kappa shape index (κ2) is 9.00. The van der Waals surface area contributed by atoms with Crippen LogP contribution in [0.3, 0.4) is 0 Å². The average Bonchev–Trinajstić information content (AvgIpc) is 2.21. The molecule has 2 nitrogen and oxygen atoms in total. The van der Waals surface area contributed by atoms with Crippen molar-refractivity contribution >= 4 is 0 Å². The normalized spacial score (nSPS) is 14.1. The molecule has 0 spiro atoms. The lowest BCUT2D eigenvalue weighted by molar-refractivity contribution is 0.154. The monoisotopic (exact) mass is 228 g/mol. The van der Waals surface area contributed by atoms with Crippen molar-refractivity contribution < 1.29 is 0 Å². The fourth-order valence-corrected chi connectivity index (χ4v) is 2.06. The predicted molar refractivity (Wildman–Crippen MR) is 73.9 cm³/mol. The lowest BCUT2D eigenvalue weighted by atomic mass is 10.0. The standard InChI is InChI=1S/C14H32N2/c1-7-9-10-16(8-2)14(12(3)4)11-15-13(5)6/h12-15H,7-11H2,1-6H3. The smallest absolute Gasteiger partial charge is 0.0243 e. The van der Waals surface area contributed by atoms with Crippen LogP contribution in [0.1, 0.15) is 54.4 Å². The van der Waals surface area contributed by atoms with Crippen molar-refractivity contribution in [3.63, 3.8) is 0 Å². The van der Waals surface area contributed by atoms with Crippen molar-refractivity contribution in [1.29, 1.82) is 0 Å². The third kappa shape index (κ3) is 6.49. The third-order valence-electron chi connectivity index (χ3n) is 3.18. The minimum Gasteiger partial charge on any atom is -0.313 e. The number of hydrogen-bond acceptors (Lipinski definition) is 2. The molecule has 98 valence electrons. The van der Waals surface area contributed by atoms with Crippen molar-refractivity contribution in [2.45, 2.75) is 66.5 Å². The summed E-state index contributed by atoms with van der Waals surface area (Å²) in [6.07, 6.45) is 2.61. The molecular weight excluding hydrogens is 196 g/mol. The van der Waals surface area contributed by atoms with Gasteiger partial charge in [0, 0.05) is 18.6 Å². The van der Waals surface area contributed by atoms with E-state index in [1.54, 1.807) is 0 Å². The number of unbranched alkanes of at least 4 members (excludes halogenated alkanes) is 1. The molecule has 0 aliphatic heterocycles. The molecule has 16 heavy (non-hydrogen) atoms. The van der Waals surface area contributed by atoms with Crippen molar-refractivity contribution in [3.05, 3.63) is 0 Å². The summed E-state index contributed by atoms with van der Waals surface area (Å²) >= 11 is 0. The van der Waals surface area contributed by atoms with E-state index in [9.17, 15) is 0 Å². The van der Waals surface area contributed by atoms with E-state index in [1.807, 2.05) is 0 Å². The van der Waals surface area contributed by atoms with Gasteiger partial charge in [0.05, 0.1) is 0 Å². The fraction of sp³-hybridized carbons (Fsp3) is 1.00. The molecule has 2 heteroatoms.